The molecule has 0 saturated carbocycles. The molecular weight excluding hydrogens is 340 g/mol. The lowest BCUT2D eigenvalue weighted by Gasteiger charge is -2.33. The number of aryl methyl sites for hydroxylation is 1. The first kappa shape index (κ1) is 14.5. The SMILES string of the molecule is Cc1ccc(Br)cc1S(=O)(=O)N1CCC2CNCC2C1. The van der Waals surface area contributed by atoms with Crippen molar-refractivity contribution in [2.75, 3.05) is 26.2 Å². The molecule has 0 amide bonds. The number of hydrogen-bond acceptors (Lipinski definition) is 3. The molecule has 3 rings (SSSR count). The third-order valence-electron chi connectivity index (χ3n) is 4.44. The quantitative estimate of drug-likeness (QED) is 0.879. The molecule has 2 unspecified atom stereocenters. The van der Waals surface area contributed by atoms with E-state index in [2.05, 4.69) is 21.2 Å². The van der Waals surface area contributed by atoms with Gasteiger partial charge in [0.05, 0.1) is 4.90 Å². The fourth-order valence-corrected chi connectivity index (χ4v) is 5.49. The molecule has 0 aromatic heterocycles. The Balaban J connectivity index is 1.90. The number of fused-ring (bicyclic) bond motifs is 1. The summed E-state index contributed by atoms with van der Waals surface area (Å²) < 4.78 is 28.1. The standard InChI is InChI=1S/C14H19BrN2O2S/c1-10-2-3-13(15)6-14(10)20(18,19)17-5-4-11-7-16-8-12(11)9-17/h2-3,6,11-12,16H,4-5,7-9H2,1H3. The highest BCUT2D eigenvalue weighted by atomic mass is 79.9. The summed E-state index contributed by atoms with van der Waals surface area (Å²) in [7, 11) is -3.38. The van der Waals surface area contributed by atoms with Gasteiger partial charge >= 0.3 is 0 Å². The van der Waals surface area contributed by atoms with E-state index in [4.69, 9.17) is 0 Å². The highest BCUT2D eigenvalue weighted by Crippen LogP contribution is 2.31. The van der Waals surface area contributed by atoms with E-state index < -0.39 is 10.0 Å². The van der Waals surface area contributed by atoms with Crippen LogP contribution in [0.15, 0.2) is 27.6 Å². The molecule has 0 radical (unpaired) electrons. The Morgan fingerprint density at radius 2 is 2.05 bits per heavy atom. The maximum atomic E-state index is 12.8. The van der Waals surface area contributed by atoms with Crippen molar-refractivity contribution in [3.63, 3.8) is 0 Å². The first-order valence-electron chi connectivity index (χ1n) is 6.95. The Hall–Kier alpha value is -0.430. The lowest BCUT2D eigenvalue weighted by Crippen LogP contribution is -2.43. The van der Waals surface area contributed by atoms with Crippen LogP contribution < -0.4 is 5.32 Å². The second-order valence-corrected chi connectivity index (χ2v) is 8.56. The van der Waals surface area contributed by atoms with Gasteiger partial charge in [-0.25, -0.2) is 8.42 Å². The van der Waals surface area contributed by atoms with Gasteiger partial charge in [0.15, 0.2) is 0 Å². The summed E-state index contributed by atoms with van der Waals surface area (Å²) in [5, 5.41) is 3.37. The minimum atomic E-state index is -3.38. The summed E-state index contributed by atoms with van der Waals surface area (Å²) in [5.41, 5.74) is 0.805. The highest BCUT2D eigenvalue weighted by Gasteiger charge is 2.38. The molecule has 2 fully saturated rings. The summed E-state index contributed by atoms with van der Waals surface area (Å²) >= 11 is 3.36. The van der Waals surface area contributed by atoms with Gasteiger partial charge in [-0.1, -0.05) is 22.0 Å². The van der Waals surface area contributed by atoms with Crippen LogP contribution in [0.25, 0.3) is 0 Å². The van der Waals surface area contributed by atoms with Crippen LogP contribution >= 0.6 is 15.9 Å². The van der Waals surface area contributed by atoms with Crippen LogP contribution in [0.1, 0.15) is 12.0 Å². The van der Waals surface area contributed by atoms with Gasteiger partial charge in [0.25, 0.3) is 0 Å². The van der Waals surface area contributed by atoms with Crippen molar-refractivity contribution in [1.29, 1.82) is 0 Å². The first-order valence-corrected chi connectivity index (χ1v) is 9.19. The molecule has 1 N–H and O–H groups in total. The molecule has 0 spiro atoms. The predicted octanol–water partition coefficient (Wildman–Crippen LogP) is 1.99. The van der Waals surface area contributed by atoms with Crippen LogP contribution in [0, 0.1) is 18.8 Å². The number of nitrogens with one attached hydrogen (secondary N) is 1. The summed E-state index contributed by atoms with van der Waals surface area (Å²) in [6.07, 6.45) is 0.962. The Kier molecular flexibility index (Phi) is 3.92. The Morgan fingerprint density at radius 3 is 2.85 bits per heavy atom. The van der Waals surface area contributed by atoms with Crippen molar-refractivity contribution in [3.05, 3.63) is 28.2 Å². The molecule has 1 aromatic rings. The third kappa shape index (κ3) is 2.54. The Bertz CT molecular complexity index is 618. The fraction of sp³-hybridized carbons (Fsp3) is 0.571. The van der Waals surface area contributed by atoms with Gasteiger partial charge in [-0.3, -0.25) is 0 Å². The van der Waals surface area contributed by atoms with Crippen LogP contribution in [0.5, 0.6) is 0 Å². The number of piperidine rings is 1. The minimum absolute atomic E-state index is 0.427. The molecule has 2 aliphatic rings. The van der Waals surface area contributed by atoms with E-state index in [0.717, 1.165) is 29.5 Å². The zero-order valence-electron chi connectivity index (χ0n) is 11.5. The molecule has 2 aliphatic heterocycles. The zero-order chi connectivity index (χ0) is 14.3. The van der Waals surface area contributed by atoms with Crippen LogP contribution in [-0.4, -0.2) is 38.9 Å². The van der Waals surface area contributed by atoms with Crippen molar-refractivity contribution < 1.29 is 8.42 Å². The lowest BCUT2D eigenvalue weighted by atomic mass is 9.90. The van der Waals surface area contributed by atoms with Crippen LogP contribution in [-0.2, 0) is 10.0 Å². The van der Waals surface area contributed by atoms with Gasteiger partial charge < -0.3 is 5.32 Å². The summed E-state index contributed by atoms with van der Waals surface area (Å²) in [5.74, 6) is 1.11. The van der Waals surface area contributed by atoms with Gasteiger partial charge in [0.1, 0.15) is 0 Å². The predicted molar refractivity (Wildman–Crippen MR) is 82.1 cm³/mol. The van der Waals surface area contributed by atoms with Crippen molar-refractivity contribution in [3.8, 4) is 0 Å². The molecule has 2 saturated heterocycles. The monoisotopic (exact) mass is 358 g/mol. The maximum Gasteiger partial charge on any atom is 0.243 e. The topological polar surface area (TPSA) is 49.4 Å². The second kappa shape index (κ2) is 5.40. The molecule has 0 bridgehead atoms. The van der Waals surface area contributed by atoms with Crippen LogP contribution in [0.3, 0.4) is 0 Å². The lowest BCUT2D eigenvalue weighted by molar-refractivity contribution is 0.228. The van der Waals surface area contributed by atoms with Crippen LogP contribution in [0.2, 0.25) is 0 Å². The van der Waals surface area contributed by atoms with E-state index in [-0.39, 0.29) is 0 Å². The number of halogens is 1. The molecule has 110 valence electrons. The van der Waals surface area contributed by atoms with E-state index in [1.807, 2.05) is 19.1 Å². The average molecular weight is 359 g/mol. The molecule has 2 atom stereocenters. The van der Waals surface area contributed by atoms with E-state index in [1.54, 1.807) is 10.4 Å². The van der Waals surface area contributed by atoms with E-state index in [9.17, 15) is 8.42 Å². The summed E-state index contributed by atoms with van der Waals surface area (Å²) in [6, 6.07) is 5.44. The first-order chi connectivity index (χ1) is 9.48. The van der Waals surface area contributed by atoms with Gasteiger partial charge in [-0.2, -0.15) is 4.31 Å². The van der Waals surface area contributed by atoms with Crippen LogP contribution in [0.4, 0.5) is 0 Å². The van der Waals surface area contributed by atoms with Gasteiger partial charge in [-0.05, 0) is 56.0 Å². The van der Waals surface area contributed by atoms with Gasteiger partial charge in [0.2, 0.25) is 10.0 Å². The van der Waals surface area contributed by atoms with Gasteiger partial charge in [0, 0.05) is 17.6 Å². The highest BCUT2D eigenvalue weighted by molar-refractivity contribution is 9.10. The third-order valence-corrected chi connectivity index (χ3v) is 6.94. The van der Waals surface area contributed by atoms with Crippen molar-refractivity contribution in [2.24, 2.45) is 11.8 Å². The second-order valence-electron chi connectivity index (χ2n) is 5.74. The summed E-state index contributed by atoms with van der Waals surface area (Å²) in [6.45, 7) is 5.11. The largest absolute Gasteiger partial charge is 0.316 e. The number of benzene rings is 1. The number of rotatable bonds is 2. The Morgan fingerprint density at radius 1 is 1.30 bits per heavy atom. The molecule has 6 heteroatoms. The molecule has 4 nitrogen and oxygen atoms in total. The number of nitrogens with zero attached hydrogens (tertiary/aromatic N) is 1. The molecule has 1 aromatic carbocycles. The van der Waals surface area contributed by atoms with E-state index in [0.29, 0.717) is 29.8 Å². The van der Waals surface area contributed by atoms with Gasteiger partial charge in [-0.15, -0.1) is 0 Å². The number of hydrogen-bond donors (Lipinski definition) is 1. The number of sulfonamides is 1. The van der Waals surface area contributed by atoms with Crippen molar-refractivity contribution in [1.82, 2.24) is 9.62 Å². The molecule has 2 heterocycles. The van der Waals surface area contributed by atoms with E-state index in [1.165, 1.54) is 0 Å². The van der Waals surface area contributed by atoms with Crippen molar-refractivity contribution in [2.45, 2.75) is 18.2 Å². The fourth-order valence-electron chi connectivity index (χ4n) is 3.21. The van der Waals surface area contributed by atoms with E-state index >= 15 is 0 Å². The smallest absolute Gasteiger partial charge is 0.243 e. The molecular formula is C14H19BrN2O2S. The normalized spacial score (nSPS) is 27.5. The zero-order valence-corrected chi connectivity index (χ0v) is 13.9. The summed E-state index contributed by atoms with van der Waals surface area (Å²) in [4.78, 5) is 0.427. The molecule has 0 aliphatic carbocycles. The average Bonchev–Trinajstić information content (AvgIpc) is 2.88. The maximum absolute atomic E-state index is 12.8. The Labute approximate surface area is 128 Å². The minimum Gasteiger partial charge on any atom is -0.316 e. The molecule has 20 heavy (non-hydrogen) atoms. The van der Waals surface area contributed by atoms with Crippen molar-refractivity contribution >= 4 is 26.0 Å².